The van der Waals surface area contributed by atoms with E-state index in [1.807, 2.05) is 0 Å². The van der Waals surface area contributed by atoms with Crippen molar-refractivity contribution in [1.82, 2.24) is 4.90 Å². The van der Waals surface area contributed by atoms with Crippen molar-refractivity contribution in [2.45, 2.75) is 83.0 Å². The molecule has 0 bridgehead atoms. The molecular formula is C23H41N2O4+. The maximum Gasteiger partial charge on any atom is 0.130 e. The van der Waals surface area contributed by atoms with Gasteiger partial charge in [0.25, 0.3) is 0 Å². The van der Waals surface area contributed by atoms with E-state index in [0.717, 1.165) is 63.6 Å². The second kappa shape index (κ2) is 7.42. The highest BCUT2D eigenvalue weighted by atomic mass is 16.6. The summed E-state index contributed by atoms with van der Waals surface area (Å²) in [5.41, 5.74) is 0.574. The monoisotopic (exact) mass is 409 g/mol. The highest BCUT2D eigenvalue weighted by Gasteiger charge is 2.57. The van der Waals surface area contributed by atoms with E-state index < -0.39 is 0 Å². The molecule has 0 aromatic carbocycles. The molecule has 29 heavy (non-hydrogen) atoms. The first-order valence-corrected chi connectivity index (χ1v) is 11.9. The summed E-state index contributed by atoms with van der Waals surface area (Å²) in [5.74, 6) is 0. The highest BCUT2D eigenvalue weighted by Crippen LogP contribution is 2.49. The fourth-order valence-electron chi connectivity index (χ4n) is 6.54. The average Bonchev–Trinajstić information content (AvgIpc) is 3.49. The molecule has 0 spiro atoms. The minimum absolute atomic E-state index is 0.242. The Labute approximate surface area is 176 Å². The molecular weight excluding hydrogens is 368 g/mol. The third-order valence-corrected chi connectivity index (χ3v) is 8.18. The van der Waals surface area contributed by atoms with Crippen LogP contribution in [0.4, 0.5) is 0 Å². The molecule has 4 saturated heterocycles. The summed E-state index contributed by atoms with van der Waals surface area (Å²) in [6.45, 7) is 19.3. The number of likely N-dealkylation sites (N-methyl/N-ethyl adjacent to an activating group) is 1. The van der Waals surface area contributed by atoms with Gasteiger partial charge in [0.15, 0.2) is 0 Å². The molecule has 4 heterocycles. The number of nitrogens with zero attached hydrogens (tertiary/aromatic N) is 2. The van der Waals surface area contributed by atoms with Crippen LogP contribution < -0.4 is 0 Å². The zero-order chi connectivity index (χ0) is 20.3. The number of ether oxygens (including phenoxy) is 4. The summed E-state index contributed by atoms with van der Waals surface area (Å²) >= 11 is 0. The van der Waals surface area contributed by atoms with Gasteiger partial charge in [0.1, 0.15) is 25.3 Å². The van der Waals surface area contributed by atoms with Crippen molar-refractivity contribution in [3.63, 3.8) is 0 Å². The summed E-state index contributed by atoms with van der Waals surface area (Å²) in [7, 11) is 0. The summed E-state index contributed by atoms with van der Waals surface area (Å²) in [4.78, 5) is 2.72. The Bertz CT molecular complexity index is 570. The Balaban J connectivity index is 1.40. The Morgan fingerprint density at radius 2 is 1.28 bits per heavy atom. The predicted molar refractivity (Wildman–Crippen MR) is 111 cm³/mol. The molecule has 0 aromatic rings. The molecule has 6 atom stereocenters. The van der Waals surface area contributed by atoms with Gasteiger partial charge in [0.2, 0.25) is 0 Å². The van der Waals surface area contributed by atoms with E-state index in [9.17, 15) is 0 Å². The Morgan fingerprint density at radius 3 is 1.69 bits per heavy atom. The third kappa shape index (κ3) is 4.83. The molecule has 166 valence electrons. The largest absolute Gasteiger partial charge is 0.372 e. The van der Waals surface area contributed by atoms with Crippen molar-refractivity contribution in [1.29, 1.82) is 0 Å². The molecule has 0 aromatic heterocycles. The van der Waals surface area contributed by atoms with Crippen LogP contribution in [0.25, 0.3) is 0 Å². The smallest absolute Gasteiger partial charge is 0.130 e. The molecule has 6 heteroatoms. The van der Waals surface area contributed by atoms with Crippen LogP contribution >= 0.6 is 0 Å². The maximum atomic E-state index is 5.75. The van der Waals surface area contributed by atoms with Gasteiger partial charge < -0.3 is 23.4 Å². The molecule has 4 aliphatic heterocycles. The summed E-state index contributed by atoms with van der Waals surface area (Å²) < 4.78 is 23.9. The minimum atomic E-state index is 0.242. The number of hydrogen-bond acceptors (Lipinski definition) is 5. The van der Waals surface area contributed by atoms with Crippen LogP contribution in [-0.2, 0) is 18.9 Å². The standard InChI is InChI=1S/C23H41N2O4/c1-5-25(10-20-14-28-20,11-21-15-29-21)23(4)7-17(6-22(2,3)16-23)24(8-18-12-26-18)9-19-13-27-19/h17-21H,5-16H2,1-4H3/q+1. The summed E-state index contributed by atoms with van der Waals surface area (Å²) in [6, 6.07) is 0.599. The predicted octanol–water partition coefficient (Wildman–Crippen LogP) is 2.06. The highest BCUT2D eigenvalue weighted by molar-refractivity contribution is 5.00. The summed E-state index contributed by atoms with van der Waals surface area (Å²) in [6.07, 6.45) is 5.58. The van der Waals surface area contributed by atoms with Crippen LogP contribution in [0.15, 0.2) is 0 Å². The zero-order valence-electron chi connectivity index (χ0n) is 18.9. The van der Waals surface area contributed by atoms with Gasteiger partial charge in [-0.1, -0.05) is 13.8 Å². The molecule has 0 radical (unpaired) electrons. The second-order valence-corrected chi connectivity index (χ2v) is 11.5. The molecule has 0 N–H and O–H groups in total. The van der Waals surface area contributed by atoms with Crippen LogP contribution in [0.3, 0.4) is 0 Å². The Hall–Kier alpha value is -0.240. The molecule has 1 saturated carbocycles. The van der Waals surface area contributed by atoms with Crippen molar-refractivity contribution in [2.75, 3.05) is 59.2 Å². The minimum Gasteiger partial charge on any atom is -0.372 e. The van der Waals surface area contributed by atoms with E-state index >= 15 is 0 Å². The topological polar surface area (TPSA) is 53.4 Å². The van der Waals surface area contributed by atoms with Crippen LogP contribution in [0.2, 0.25) is 0 Å². The lowest BCUT2D eigenvalue weighted by Crippen LogP contribution is -2.70. The molecule has 6 unspecified atom stereocenters. The van der Waals surface area contributed by atoms with Crippen LogP contribution in [0, 0.1) is 5.41 Å². The van der Waals surface area contributed by atoms with E-state index in [0.29, 0.717) is 35.9 Å². The lowest BCUT2D eigenvalue weighted by molar-refractivity contribution is -0.976. The van der Waals surface area contributed by atoms with Gasteiger partial charge in [-0.15, -0.1) is 0 Å². The number of rotatable bonds is 11. The van der Waals surface area contributed by atoms with E-state index in [-0.39, 0.29) is 5.54 Å². The SMILES string of the molecule is CC[N+](CC1CO1)(CC1CO1)C1(C)CC(N(CC2CO2)CC2CO2)CC(C)(C)C1. The van der Waals surface area contributed by atoms with E-state index in [1.165, 1.54) is 19.3 Å². The quantitative estimate of drug-likeness (QED) is 0.386. The fraction of sp³-hybridized carbons (Fsp3) is 1.00. The van der Waals surface area contributed by atoms with Gasteiger partial charge in [0, 0.05) is 32.0 Å². The first kappa shape index (κ1) is 20.7. The van der Waals surface area contributed by atoms with Crippen molar-refractivity contribution in [3.8, 4) is 0 Å². The van der Waals surface area contributed by atoms with Crippen molar-refractivity contribution < 1.29 is 23.4 Å². The molecule has 5 rings (SSSR count). The average molecular weight is 410 g/mol. The van der Waals surface area contributed by atoms with Crippen LogP contribution in [-0.4, -0.2) is 105 Å². The van der Waals surface area contributed by atoms with Crippen LogP contribution in [0.5, 0.6) is 0 Å². The maximum absolute atomic E-state index is 5.75. The Morgan fingerprint density at radius 1 is 0.793 bits per heavy atom. The van der Waals surface area contributed by atoms with Gasteiger partial charge in [-0.25, -0.2) is 0 Å². The van der Waals surface area contributed by atoms with Crippen LogP contribution in [0.1, 0.15) is 47.0 Å². The summed E-state index contributed by atoms with van der Waals surface area (Å²) in [5, 5.41) is 0. The lowest BCUT2D eigenvalue weighted by Gasteiger charge is -2.59. The van der Waals surface area contributed by atoms with Gasteiger partial charge in [-0.2, -0.15) is 0 Å². The van der Waals surface area contributed by atoms with Crippen molar-refractivity contribution in [2.24, 2.45) is 5.41 Å². The van der Waals surface area contributed by atoms with E-state index in [2.05, 4.69) is 32.6 Å². The number of quaternary nitrogens is 1. The number of epoxide rings is 4. The van der Waals surface area contributed by atoms with Gasteiger partial charge >= 0.3 is 0 Å². The van der Waals surface area contributed by atoms with Gasteiger partial charge in [0.05, 0.1) is 50.7 Å². The normalized spacial score (nSPS) is 44.4. The first-order chi connectivity index (χ1) is 13.8. The fourth-order valence-corrected chi connectivity index (χ4v) is 6.54. The first-order valence-electron chi connectivity index (χ1n) is 11.9. The third-order valence-electron chi connectivity index (χ3n) is 8.18. The second-order valence-electron chi connectivity index (χ2n) is 11.5. The molecule has 0 amide bonds. The molecule has 5 fully saturated rings. The van der Waals surface area contributed by atoms with E-state index in [1.54, 1.807) is 0 Å². The molecule has 5 aliphatic rings. The van der Waals surface area contributed by atoms with E-state index in [4.69, 9.17) is 18.9 Å². The molecule has 6 nitrogen and oxygen atoms in total. The van der Waals surface area contributed by atoms with Crippen molar-refractivity contribution in [3.05, 3.63) is 0 Å². The Kier molecular flexibility index (Phi) is 5.28. The number of hydrogen-bond donors (Lipinski definition) is 0. The zero-order valence-corrected chi connectivity index (χ0v) is 18.9. The van der Waals surface area contributed by atoms with Gasteiger partial charge in [-0.05, 0) is 25.7 Å². The van der Waals surface area contributed by atoms with Gasteiger partial charge in [-0.3, -0.25) is 4.90 Å². The lowest BCUT2D eigenvalue weighted by atomic mass is 9.64. The molecule has 1 aliphatic carbocycles. The van der Waals surface area contributed by atoms with Crippen molar-refractivity contribution >= 4 is 0 Å².